The third kappa shape index (κ3) is 12.5. The average molecular weight is 665 g/mol. The van der Waals surface area contributed by atoms with E-state index in [0.717, 1.165) is 87.0 Å². The van der Waals surface area contributed by atoms with E-state index < -0.39 is 0 Å². The van der Waals surface area contributed by atoms with E-state index in [-0.39, 0.29) is 41.9 Å². The summed E-state index contributed by atoms with van der Waals surface area (Å²) in [5, 5.41) is 0. The molecule has 0 radical (unpaired) electrons. The summed E-state index contributed by atoms with van der Waals surface area (Å²) in [5.74, 6) is 0. The van der Waals surface area contributed by atoms with E-state index in [4.69, 9.17) is 15.0 Å². The zero-order valence-electron chi connectivity index (χ0n) is 27.1. The second-order valence-corrected chi connectivity index (χ2v) is 11.0. The Kier molecular flexibility index (Phi) is 21.5. The molecule has 1 heterocycles. The van der Waals surface area contributed by atoms with Gasteiger partial charge in [-0.2, -0.15) is 0 Å². The molecule has 0 aliphatic carbocycles. The molecule has 0 fully saturated rings. The van der Waals surface area contributed by atoms with Gasteiger partial charge in [0.1, 0.15) is 0 Å². The summed E-state index contributed by atoms with van der Waals surface area (Å²) in [5.41, 5.74) is 12.4. The van der Waals surface area contributed by atoms with Gasteiger partial charge in [0.15, 0.2) is 0 Å². The first kappa shape index (κ1) is 41.0. The molecule has 0 N–H and O–H groups in total. The first-order valence-corrected chi connectivity index (χ1v) is 15.9. The third-order valence-electron chi connectivity index (χ3n) is 7.25. The van der Waals surface area contributed by atoms with Crippen LogP contribution in [0, 0.1) is 0 Å². The van der Waals surface area contributed by atoms with Crippen molar-refractivity contribution in [2.45, 2.75) is 119 Å². The van der Waals surface area contributed by atoms with Crippen LogP contribution in [0.3, 0.4) is 0 Å². The maximum absolute atomic E-state index is 5.05. The molecule has 0 amide bonds. The van der Waals surface area contributed by atoms with Gasteiger partial charge >= 0.3 is 17.1 Å². The number of pyridine rings is 1. The molecule has 0 unspecified atom stereocenters. The Bertz CT molecular complexity index is 1140. The number of hydrogen-bond donors (Lipinski definition) is 0. The van der Waals surface area contributed by atoms with Crippen molar-refractivity contribution in [2.75, 3.05) is 0 Å². The Hall–Kier alpha value is -1.97. The van der Waals surface area contributed by atoms with Gasteiger partial charge in [0.25, 0.3) is 0 Å². The van der Waals surface area contributed by atoms with Crippen LogP contribution in [0.5, 0.6) is 0 Å². The van der Waals surface area contributed by atoms with Crippen molar-refractivity contribution in [3.8, 4) is 0 Å². The summed E-state index contributed by atoms with van der Waals surface area (Å²) in [6, 6.07) is 15.6. The monoisotopic (exact) mass is 663 g/mol. The first-order chi connectivity index (χ1) is 19.6. The second kappa shape index (κ2) is 22.5. The average Bonchev–Trinajstić information content (AvgIpc) is 2.93. The zero-order chi connectivity index (χ0) is 28.7. The molecule has 0 bridgehead atoms. The van der Waals surface area contributed by atoms with Crippen LogP contribution in [0.1, 0.15) is 125 Å². The van der Waals surface area contributed by atoms with Crippen molar-refractivity contribution < 1.29 is 41.9 Å². The number of rotatable bonds is 16. The molecular weight excluding hydrogens is 613 g/mol. The van der Waals surface area contributed by atoms with E-state index >= 15 is 0 Å². The van der Waals surface area contributed by atoms with Crippen molar-refractivity contribution in [1.82, 2.24) is 4.98 Å². The summed E-state index contributed by atoms with van der Waals surface area (Å²) in [4.78, 5) is 15.0. The Morgan fingerprint density at radius 3 is 1.09 bits per heavy atom. The fourth-order valence-corrected chi connectivity index (χ4v) is 5.58. The van der Waals surface area contributed by atoms with Gasteiger partial charge < -0.3 is 24.8 Å². The van der Waals surface area contributed by atoms with Gasteiger partial charge in [-0.15, -0.1) is 0 Å². The zero-order valence-corrected chi connectivity index (χ0v) is 29.7. The SMILES string of the molecule is CCCc1cc(CCC)c(N=Cc2cccc(C=Nc3c(CCC)cc(CCC)cc3CCC)n2)c(CCC)c1.[Cl-].[Cl-].[Fe+2]. The largest absolute Gasteiger partial charge is 2.00 e. The number of aromatic nitrogens is 1. The molecule has 0 spiro atoms. The van der Waals surface area contributed by atoms with Crippen LogP contribution < -0.4 is 24.8 Å². The molecular formula is C37H51Cl2FeN3. The van der Waals surface area contributed by atoms with Gasteiger partial charge in [-0.25, -0.2) is 4.98 Å². The van der Waals surface area contributed by atoms with E-state index in [1.165, 1.54) is 46.2 Å². The summed E-state index contributed by atoms with van der Waals surface area (Å²) in [6.07, 6.45) is 17.2. The molecule has 0 aliphatic heterocycles. The molecule has 2 aromatic carbocycles. The summed E-state index contributed by atoms with van der Waals surface area (Å²) in [6.45, 7) is 13.5. The number of aliphatic imine (C=N–C) groups is 2. The van der Waals surface area contributed by atoms with Crippen molar-refractivity contribution in [3.05, 3.63) is 87.2 Å². The number of hydrogen-bond acceptors (Lipinski definition) is 3. The van der Waals surface area contributed by atoms with Gasteiger partial charge in [-0.1, -0.05) is 110 Å². The Balaban J connectivity index is 0.00000588. The van der Waals surface area contributed by atoms with Gasteiger partial charge in [0.05, 0.1) is 35.2 Å². The minimum atomic E-state index is 0. The normalized spacial score (nSPS) is 10.9. The predicted molar refractivity (Wildman–Crippen MR) is 176 cm³/mol. The summed E-state index contributed by atoms with van der Waals surface area (Å²) >= 11 is 0. The van der Waals surface area contributed by atoms with Crippen LogP contribution in [0.4, 0.5) is 11.4 Å². The Labute approximate surface area is 285 Å². The van der Waals surface area contributed by atoms with Crippen LogP contribution in [-0.4, -0.2) is 17.4 Å². The predicted octanol–water partition coefficient (Wildman–Crippen LogP) is 4.30. The molecule has 0 saturated carbocycles. The summed E-state index contributed by atoms with van der Waals surface area (Å²) in [7, 11) is 0. The minimum Gasteiger partial charge on any atom is -1.00 e. The van der Waals surface area contributed by atoms with Crippen molar-refractivity contribution in [2.24, 2.45) is 9.98 Å². The Morgan fingerprint density at radius 2 is 0.814 bits per heavy atom. The van der Waals surface area contributed by atoms with Gasteiger partial charge in [0.2, 0.25) is 0 Å². The second-order valence-electron chi connectivity index (χ2n) is 11.0. The number of aryl methyl sites for hydroxylation is 6. The van der Waals surface area contributed by atoms with Gasteiger partial charge in [-0.3, -0.25) is 9.98 Å². The standard InChI is InChI=1S/C37H51N3.2ClH.Fe/c1-7-14-28-22-30(16-9-3)36(31(23-28)17-10-4)38-26-34-20-13-21-35(40-34)27-39-37-32(18-11-5)24-29(15-8-2)25-33(37)19-12-6;;;/h13,20-27H,7-12,14-19H2,1-6H3;2*1H;/q;;;+2/p-2. The molecule has 3 nitrogen and oxygen atoms in total. The smallest absolute Gasteiger partial charge is 1.00 e. The van der Waals surface area contributed by atoms with Crippen LogP contribution >= 0.6 is 0 Å². The van der Waals surface area contributed by atoms with Crippen LogP contribution in [0.15, 0.2) is 52.4 Å². The molecule has 6 heteroatoms. The fourth-order valence-electron chi connectivity index (χ4n) is 5.58. The van der Waals surface area contributed by atoms with Crippen molar-refractivity contribution >= 4 is 23.8 Å². The van der Waals surface area contributed by atoms with Crippen LogP contribution in [0.2, 0.25) is 0 Å². The molecule has 1 aromatic heterocycles. The minimum absolute atomic E-state index is 0. The number of nitrogens with zero attached hydrogens (tertiary/aromatic N) is 3. The maximum atomic E-state index is 5.05. The van der Waals surface area contributed by atoms with Crippen LogP contribution in [-0.2, 0) is 55.6 Å². The molecule has 43 heavy (non-hydrogen) atoms. The van der Waals surface area contributed by atoms with Crippen molar-refractivity contribution in [3.63, 3.8) is 0 Å². The van der Waals surface area contributed by atoms with Gasteiger partial charge in [0, 0.05) is 0 Å². The van der Waals surface area contributed by atoms with Crippen LogP contribution in [0.25, 0.3) is 0 Å². The van der Waals surface area contributed by atoms with Gasteiger partial charge in [-0.05, 0) is 84.0 Å². The van der Waals surface area contributed by atoms with E-state index in [0.29, 0.717) is 0 Å². The molecule has 236 valence electrons. The number of halogens is 2. The first-order valence-electron chi connectivity index (χ1n) is 15.9. The molecule has 0 atom stereocenters. The van der Waals surface area contributed by atoms with E-state index in [2.05, 4.69) is 71.9 Å². The number of benzene rings is 2. The third-order valence-corrected chi connectivity index (χ3v) is 7.25. The molecule has 0 saturated heterocycles. The fraction of sp³-hybridized carbons (Fsp3) is 0.486. The quantitative estimate of drug-likeness (QED) is 0.166. The van der Waals surface area contributed by atoms with E-state index in [9.17, 15) is 0 Å². The Morgan fingerprint density at radius 1 is 0.512 bits per heavy atom. The topological polar surface area (TPSA) is 37.6 Å². The van der Waals surface area contributed by atoms with E-state index in [1.54, 1.807) is 0 Å². The maximum Gasteiger partial charge on any atom is 2.00 e. The molecule has 0 aliphatic rings. The van der Waals surface area contributed by atoms with Crippen molar-refractivity contribution in [1.29, 1.82) is 0 Å². The molecule has 3 rings (SSSR count). The van der Waals surface area contributed by atoms with E-state index in [1.807, 2.05) is 24.6 Å². The molecule has 3 aromatic rings. The summed E-state index contributed by atoms with van der Waals surface area (Å²) < 4.78 is 0.